The lowest BCUT2D eigenvalue weighted by Crippen LogP contribution is -2.05. The summed E-state index contributed by atoms with van der Waals surface area (Å²) in [5.74, 6) is 0.188. The number of carbonyl (C=O) groups is 1. The lowest BCUT2D eigenvalue weighted by Gasteiger charge is -2.07. The molecule has 0 aliphatic heterocycles. The molecule has 2 aromatic carbocycles. The maximum Gasteiger partial charge on any atom is 0.338 e. The predicted octanol–water partition coefficient (Wildman–Crippen LogP) is 4.17. The molecule has 0 aliphatic carbocycles. The monoisotopic (exact) mass is 254 g/mol. The molecule has 19 heavy (non-hydrogen) atoms. The van der Waals surface area contributed by atoms with E-state index in [0.29, 0.717) is 18.1 Å². The molecule has 0 heterocycles. The highest BCUT2D eigenvalue weighted by Gasteiger charge is 2.08. The molecule has 0 fully saturated rings. The Balaban J connectivity index is 1.96. The van der Waals surface area contributed by atoms with E-state index in [1.165, 1.54) is 5.56 Å². The zero-order valence-electron chi connectivity index (χ0n) is 11.3. The fourth-order valence-corrected chi connectivity index (χ4v) is 1.81. The minimum Gasteiger partial charge on any atom is -0.457 e. The van der Waals surface area contributed by atoms with Crippen LogP contribution in [-0.2, 0) is 11.3 Å². The van der Waals surface area contributed by atoms with Crippen LogP contribution in [0.5, 0.6) is 0 Å². The number of hydrogen-bond acceptors (Lipinski definition) is 2. The van der Waals surface area contributed by atoms with Gasteiger partial charge in [0.1, 0.15) is 6.61 Å². The van der Waals surface area contributed by atoms with Gasteiger partial charge >= 0.3 is 5.97 Å². The van der Waals surface area contributed by atoms with Crippen LogP contribution in [0.15, 0.2) is 54.6 Å². The highest BCUT2D eigenvalue weighted by Crippen LogP contribution is 2.15. The average molecular weight is 254 g/mol. The van der Waals surface area contributed by atoms with Crippen LogP contribution in [-0.4, -0.2) is 5.97 Å². The number of rotatable bonds is 4. The van der Waals surface area contributed by atoms with E-state index in [2.05, 4.69) is 13.8 Å². The molecule has 98 valence electrons. The van der Waals surface area contributed by atoms with Gasteiger partial charge in [0, 0.05) is 0 Å². The minimum atomic E-state index is -0.279. The van der Waals surface area contributed by atoms with Gasteiger partial charge in [-0.25, -0.2) is 4.79 Å². The van der Waals surface area contributed by atoms with Gasteiger partial charge in [0.15, 0.2) is 0 Å². The molecule has 0 atom stereocenters. The minimum absolute atomic E-state index is 0.279. The van der Waals surface area contributed by atoms with Crippen molar-refractivity contribution in [3.05, 3.63) is 71.3 Å². The lowest BCUT2D eigenvalue weighted by molar-refractivity contribution is 0.0472. The standard InChI is InChI=1S/C17H18O2/c1-13(2)15-8-10-16(11-9-15)17(18)19-12-14-6-4-3-5-7-14/h3-11,13H,12H2,1-2H3. The molecule has 0 aliphatic rings. The van der Waals surface area contributed by atoms with E-state index < -0.39 is 0 Å². The summed E-state index contributed by atoms with van der Waals surface area (Å²) in [6.45, 7) is 4.57. The smallest absolute Gasteiger partial charge is 0.338 e. The highest BCUT2D eigenvalue weighted by atomic mass is 16.5. The molecule has 0 N–H and O–H groups in total. The summed E-state index contributed by atoms with van der Waals surface area (Å²) in [5, 5.41) is 0. The van der Waals surface area contributed by atoms with Gasteiger partial charge in [-0.3, -0.25) is 0 Å². The zero-order chi connectivity index (χ0) is 13.7. The summed E-state index contributed by atoms with van der Waals surface area (Å²) < 4.78 is 5.28. The van der Waals surface area contributed by atoms with E-state index >= 15 is 0 Å². The van der Waals surface area contributed by atoms with Crippen molar-refractivity contribution < 1.29 is 9.53 Å². The van der Waals surface area contributed by atoms with Gasteiger partial charge in [0.25, 0.3) is 0 Å². The molecule has 0 aromatic heterocycles. The summed E-state index contributed by atoms with van der Waals surface area (Å²) in [6, 6.07) is 17.3. The van der Waals surface area contributed by atoms with Crippen molar-refractivity contribution in [1.82, 2.24) is 0 Å². The van der Waals surface area contributed by atoms with E-state index in [-0.39, 0.29) is 5.97 Å². The number of benzene rings is 2. The van der Waals surface area contributed by atoms with E-state index in [1.54, 1.807) is 0 Å². The summed E-state index contributed by atoms with van der Waals surface area (Å²) in [5.41, 5.74) is 2.81. The Morgan fingerprint density at radius 2 is 1.63 bits per heavy atom. The molecule has 0 amide bonds. The van der Waals surface area contributed by atoms with Crippen LogP contribution < -0.4 is 0 Å². The predicted molar refractivity (Wildman–Crippen MR) is 76.1 cm³/mol. The fraction of sp³-hybridized carbons (Fsp3) is 0.235. The van der Waals surface area contributed by atoms with E-state index in [9.17, 15) is 4.79 Å². The average Bonchev–Trinajstić information content (AvgIpc) is 2.46. The van der Waals surface area contributed by atoms with Gasteiger partial charge in [-0.05, 0) is 29.2 Å². The quantitative estimate of drug-likeness (QED) is 0.765. The summed E-state index contributed by atoms with van der Waals surface area (Å²) in [7, 11) is 0. The van der Waals surface area contributed by atoms with Gasteiger partial charge in [-0.15, -0.1) is 0 Å². The number of carbonyl (C=O) groups excluding carboxylic acids is 1. The molecule has 2 aromatic rings. The molecule has 2 heteroatoms. The largest absolute Gasteiger partial charge is 0.457 e. The van der Waals surface area contributed by atoms with Gasteiger partial charge in [0.2, 0.25) is 0 Å². The van der Waals surface area contributed by atoms with Crippen molar-refractivity contribution in [2.24, 2.45) is 0 Å². The van der Waals surface area contributed by atoms with Gasteiger partial charge in [-0.2, -0.15) is 0 Å². The maximum atomic E-state index is 11.9. The van der Waals surface area contributed by atoms with Crippen molar-refractivity contribution >= 4 is 5.97 Å². The SMILES string of the molecule is CC(C)c1ccc(C(=O)OCc2ccccc2)cc1. The second-order valence-electron chi connectivity index (χ2n) is 4.84. The molecule has 0 saturated carbocycles. The third-order valence-electron chi connectivity index (χ3n) is 3.03. The van der Waals surface area contributed by atoms with Crippen LogP contribution in [0.25, 0.3) is 0 Å². The van der Waals surface area contributed by atoms with E-state index in [0.717, 1.165) is 5.56 Å². The van der Waals surface area contributed by atoms with E-state index in [1.807, 2.05) is 54.6 Å². The van der Waals surface area contributed by atoms with Crippen molar-refractivity contribution in [2.75, 3.05) is 0 Å². The Morgan fingerprint density at radius 3 is 2.21 bits per heavy atom. The first-order valence-electron chi connectivity index (χ1n) is 6.48. The third kappa shape index (κ3) is 3.68. The summed E-state index contributed by atoms with van der Waals surface area (Å²) in [4.78, 5) is 11.9. The maximum absolute atomic E-state index is 11.9. The van der Waals surface area contributed by atoms with Crippen molar-refractivity contribution in [3.63, 3.8) is 0 Å². The Hall–Kier alpha value is -2.09. The van der Waals surface area contributed by atoms with Crippen LogP contribution >= 0.6 is 0 Å². The van der Waals surface area contributed by atoms with Gasteiger partial charge < -0.3 is 4.74 Å². The molecular formula is C17H18O2. The molecule has 0 spiro atoms. The van der Waals surface area contributed by atoms with Crippen LogP contribution in [0, 0.1) is 0 Å². The van der Waals surface area contributed by atoms with Crippen LogP contribution in [0.3, 0.4) is 0 Å². The van der Waals surface area contributed by atoms with Crippen LogP contribution in [0.4, 0.5) is 0 Å². The summed E-state index contributed by atoms with van der Waals surface area (Å²) in [6.07, 6.45) is 0. The second-order valence-corrected chi connectivity index (χ2v) is 4.84. The molecule has 0 saturated heterocycles. The van der Waals surface area contributed by atoms with Crippen LogP contribution in [0.1, 0.15) is 41.3 Å². The topological polar surface area (TPSA) is 26.3 Å². The highest BCUT2D eigenvalue weighted by molar-refractivity contribution is 5.89. The first-order chi connectivity index (χ1) is 9.16. The van der Waals surface area contributed by atoms with Crippen LogP contribution in [0.2, 0.25) is 0 Å². The number of ether oxygens (including phenoxy) is 1. The molecule has 2 rings (SSSR count). The first kappa shape index (κ1) is 13.3. The van der Waals surface area contributed by atoms with Crippen molar-refractivity contribution in [2.45, 2.75) is 26.4 Å². The first-order valence-corrected chi connectivity index (χ1v) is 6.48. The fourth-order valence-electron chi connectivity index (χ4n) is 1.81. The Labute approximate surface area is 114 Å². The van der Waals surface area contributed by atoms with Gasteiger partial charge in [-0.1, -0.05) is 56.3 Å². The summed E-state index contributed by atoms with van der Waals surface area (Å²) >= 11 is 0. The third-order valence-corrected chi connectivity index (χ3v) is 3.03. The Bertz CT molecular complexity index is 527. The lowest BCUT2D eigenvalue weighted by atomic mass is 10.0. The van der Waals surface area contributed by atoms with Crippen molar-refractivity contribution in [3.8, 4) is 0 Å². The second kappa shape index (κ2) is 6.19. The Kier molecular flexibility index (Phi) is 4.35. The van der Waals surface area contributed by atoms with Crippen molar-refractivity contribution in [1.29, 1.82) is 0 Å². The normalized spacial score (nSPS) is 10.5. The molecule has 0 bridgehead atoms. The molecule has 0 unspecified atom stereocenters. The molecular weight excluding hydrogens is 236 g/mol. The van der Waals surface area contributed by atoms with Gasteiger partial charge in [0.05, 0.1) is 5.56 Å². The Morgan fingerprint density at radius 1 is 1.00 bits per heavy atom. The molecule has 0 radical (unpaired) electrons. The number of hydrogen-bond donors (Lipinski definition) is 0. The zero-order valence-corrected chi connectivity index (χ0v) is 11.3. The van der Waals surface area contributed by atoms with E-state index in [4.69, 9.17) is 4.74 Å². The number of esters is 1. The molecule has 2 nitrogen and oxygen atoms in total.